The Hall–Kier alpha value is -2.76. The van der Waals surface area contributed by atoms with Crippen molar-refractivity contribution in [1.29, 1.82) is 0 Å². The number of hydrogen-bond donors (Lipinski definition) is 1. The Morgan fingerprint density at radius 1 is 1.14 bits per heavy atom. The Bertz CT molecular complexity index is 769. The molecular weight excluding hydrogens is 297 g/mol. The van der Waals surface area contributed by atoms with E-state index in [-0.39, 0.29) is 22.4 Å². The standard InChI is InChI=1S/C16H11F3O3/c1-8(2)16(21)22-13-6-3-9(7-11(13)17)10-4-5-12(20)15(19)14(10)18/h3-7,20H,1H2,2H3. The van der Waals surface area contributed by atoms with Gasteiger partial charge >= 0.3 is 5.97 Å². The van der Waals surface area contributed by atoms with Crippen LogP contribution in [0.25, 0.3) is 11.1 Å². The molecule has 0 amide bonds. The van der Waals surface area contributed by atoms with Crippen LogP contribution >= 0.6 is 0 Å². The highest BCUT2D eigenvalue weighted by molar-refractivity contribution is 5.88. The van der Waals surface area contributed by atoms with E-state index in [0.29, 0.717) is 0 Å². The van der Waals surface area contributed by atoms with Gasteiger partial charge in [-0.15, -0.1) is 0 Å². The van der Waals surface area contributed by atoms with E-state index >= 15 is 0 Å². The van der Waals surface area contributed by atoms with E-state index < -0.39 is 29.2 Å². The molecule has 0 radical (unpaired) electrons. The zero-order valence-electron chi connectivity index (χ0n) is 11.5. The molecule has 2 rings (SSSR count). The minimum Gasteiger partial charge on any atom is -0.505 e. The third-order valence-corrected chi connectivity index (χ3v) is 2.86. The number of carbonyl (C=O) groups excluding carboxylic acids is 1. The summed E-state index contributed by atoms with van der Waals surface area (Å²) in [5, 5.41) is 9.07. The summed E-state index contributed by atoms with van der Waals surface area (Å²) in [6, 6.07) is 5.35. The Morgan fingerprint density at radius 3 is 2.41 bits per heavy atom. The second-order valence-corrected chi connectivity index (χ2v) is 4.58. The summed E-state index contributed by atoms with van der Waals surface area (Å²) in [6.45, 7) is 4.77. The lowest BCUT2D eigenvalue weighted by Gasteiger charge is -2.09. The molecule has 0 unspecified atom stereocenters. The fraction of sp³-hybridized carbons (Fsp3) is 0.0625. The molecule has 0 heterocycles. The molecule has 0 aromatic heterocycles. The first-order valence-corrected chi connectivity index (χ1v) is 6.16. The van der Waals surface area contributed by atoms with Gasteiger partial charge in [0.15, 0.2) is 23.1 Å². The highest BCUT2D eigenvalue weighted by atomic mass is 19.2. The Morgan fingerprint density at radius 2 is 1.82 bits per heavy atom. The van der Waals surface area contributed by atoms with Gasteiger partial charge in [0.2, 0.25) is 5.82 Å². The normalized spacial score (nSPS) is 10.4. The van der Waals surface area contributed by atoms with E-state index in [1.54, 1.807) is 0 Å². The molecule has 0 spiro atoms. The van der Waals surface area contributed by atoms with Crippen LogP contribution in [0.3, 0.4) is 0 Å². The lowest BCUT2D eigenvalue weighted by molar-refractivity contribution is -0.130. The van der Waals surface area contributed by atoms with Gasteiger partial charge in [0.1, 0.15) is 0 Å². The first kappa shape index (κ1) is 15.6. The summed E-state index contributed by atoms with van der Waals surface area (Å²) in [5.41, 5.74) is -0.105. The number of esters is 1. The predicted octanol–water partition coefficient (Wildman–Crippen LogP) is 3.96. The monoisotopic (exact) mass is 308 g/mol. The molecule has 0 atom stereocenters. The fourth-order valence-electron chi connectivity index (χ4n) is 1.70. The van der Waals surface area contributed by atoms with Crippen molar-refractivity contribution < 1.29 is 27.8 Å². The second kappa shape index (κ2) is 5.93. The van der Waals surface area contributed by atoms with Crippen LogP contribution < -0.4 is 4.74 Å². The van der Waals surface area contributed by atoms with Gasteiger partial charge in [-0.25, -0.2) is 13.6 Å². The minimum atomic E-state index is -1.42. The minimum absolute atomic E-state index is 0.0315. The fourth-order valence-corrected chi connectivity index (χ4v) is 1.70. The Kier molecular flexibility index (Phi) is 4.21. The van der Waals surface area contributed by atoms with Crippen LogP contribution in [0.15, 0.2) is 42.5 Å². The van der Waals surface area contributed by atoms with Gasteiger partial charge in [-0.2, -0.15) is 4.39 Å². The molecule has 6 heteroatoms. The van der Waals surface area contributed by atoms with Crippen molar-refractivity contribution in [3.05, 3.63) is 59.9 Å². The van der Waals surface area contributed by atoms with E-state index in [4.69, 9.17) is 9.84 Å². The number of aromatic hydroxyl groups is 1. The summed E-state index contributed by atoms with van der Waals surface area (Å²) in [7, 11) is 0. The summed E-state index contributed by atoms with van der Waals surface area (Å²) in [6.07, 6.45) is 0. The third-order valence-electron chi connectivity index (χ3n) is 2.86. The van der Waals surface area contributed by atoms with Crippen LogP contribution in [0.1, 0.15) is 6.92 Å². The maximum absolute atomic E-state index is 13.9. The zero-order chi connectivity index (χ0) is 16.4. The molecule has 3 nitrogen and oxygen atoms in total. The van der Waals surface area contributed by atoms with Crippen LogP contribution in [0.2, 0.25) is 0 Å². The zero-order valence-corrected chi connectivity index (χ0v) is 11.5. The maximum atomic E-state index is 13.9. The second-order valence-electron chi connectivity index (χ2n) is 4.58. The summed E-state index contributed by atoms with van der Waals surface area (Å²) < 4.78 is 45.7. The molecule has 114 valence electrons. The van der Waals surface area contributed by atoms with E-state index in [2.05, 4.69) is 6.58 Å². The maximum Gasteiger partial charge on any atom is 0.338 e. The van der Waals surface area contributed by atoms with Crippen molar-refractivity contribution >= 4 is 5.97 Å². The molecule has 0 aliphatic heterocycles. The Balaban J connectivity index is 2.40. The summed E-state index contributed by atoms with van der Waals surface area (Å²) in [5.74, 6) is -5.62. The smallest absolute Gasteiger partial charge is 0.338 e. The number of phenols is 1. The first-order chi connectivity index (χ1) is 10.3. The highest BCUT2D eigenvalue weighted by Crippen LogP contribution is 2.31. The molecule has 0 aliphatic carbocycles. The van der Waals surface area contributed by atoms with E-state index in [9.17, 15) is 18.0 Å². The number of ether oxygens (including phenoxy) is 1. The lowest BCUT2D eigenvalue weighted by Crippen LogP contribution is -2.09. The number of hydrogen-bond acceptors (Lipinski definition) is 3. The van der Waals surface area contributed by atoms with Crippen molar-refractivity contribution in [3.8, 4) is 22.6 Å². The van der Waals surface area contributed by atoms with Crippen LogP contribution in [-0.4, -0.2) is 11.1 Å². The molecule has 22 heavy (non-hydrogen) atoms. The molecule has 1 N–H and O–H groups in total. The molecular formula is C16H11F3O3. The quantitative estimate of drug-likeness (QED) is 0.530. The summed E-state index contributed by atoms with van der Waals surface area (Å²) >= 11 is 0. The average Bonchev–Trinajstić information content (AvgIpc) is 2.47. The molecule has 0 saturated heterocycles. The van der Waals surface area contributed by atoms with Crippen LogP contribution in [0.5, 0.6) is 11.5 Å². The van der Waals surface area contributed by atoms with Gasteiger partial charge in [0.25, 0.3) is 0 Å². The SMILES string of the molecule is C=C(C)C(=O)Oc1ccc(-c2ccc(O)c(F)c2F)cc1F. The van der Waals surface area contributed by atoms with Crippen molar-refractivity contribution in [2.75, 3.05) is 0 Å². The van der Waals surface area contributed by atoms with Crippen molar-refractivity contribution in [2.24, 2.45) is 0 Å². The summed E-state index contributed by atoms with van der Waals surface area (Å²) in [4.78, 5) is 11.3. The molecule has 2 aromatic carbocycles. The average molecular weight is 308 g/mol. The van der Waals surface area contributed by atoms with Crippen LogP contribution in [-0.2, 0) is 4.79 Å². The topological polar surface area (TPSA) is 46.5 Å². The Labute approximate surface area is 124 Å². The van der Waals surface area contributed by atoms with Gasteiger partial charge in [-0.1, -0.05) is 12.6 Å². The third kappa shape index (κ3) is 2.95. The van der Waals surface area contributed by atoms with Crippen molar-refractivity contribution in [1.82, 2.24) is 0 Å². The van der Waals surface area contributed by atoms with Gasteiger partial charge in [0.05, 0.1) is 0 Å². The van der Waals surface area contributed by atoms with Crippen molar-refractivity contribution in [2.45, 2.75) is 6.92 Å². The van der Waals surface area contributed by atoms with E-state index in [0.717, 1.165) is 24.3 Å². The molecule has 0 bridgehead atoms. The lowest BCUT2D eigenvalue weighted by atomic mass is 10.0. The van der Waals surface area contributed by atoms with E-state index in [1.807, 2.05) is 0 Å². The van der Waals surface area contributed by atoms with Gasteiger partial charge in [-0.3, -0.25) is 0 Å². The van der Waals surface area contributed by atoms with Gasteiger partial charge < -0.3 is 9.84 Å². The number of halogens is 3. The molecule has 0 saturated carbocycles. The molecule has 0 fully saturated rings. The number of phenolic OH excluding ortho intramolecular Hbond substituents is 1. The van der Waals surface area contributed by atoms with E-state index in [1.165, 1.54) is 13.0 Å². The van der Waals surface area contributed by atoms with Crippen molar-refractivity contribution in [3.63, 3.8) is 0 Å². The first-order valence-electron chi connectivity index (χ1n) is 6.16. The largest absolute Gasteiger partial charge is 0.505 e. The number of benzene rings is 2. The molecule has 0 aliphatic rings. The highest BCUT2D eigenvalue weighted by Gasteiger charge is 2.16. The van der Waals surface area contributed by atoms with Crippen LogP contribution in [0.4, 0.5) is 13.2 Å². The van der Waals surface area contributed by atoms with Crippen LogP contribution in [0, 0.1) is 17.5 Å². The van der Waals surface area contributed by atoms with Gasteiger partial charge in [-0.05, 0) is 36.8 Å². The van der Waals surface area contributed by atoms with Gasteiger partial charge in [0, 0.05) is 11.1 Å². The predicted molar refractivity (Wildman–Crippen MR) is 73.9 cm³/mol. The molecule has 2 aromatic rings. The number of rotatable bonds is 3. The number of carbonyl (C=O) groups is 1.